The second-order valence-electron chi connectivity index (χ2n) is 6.62. The van der Waals surface area contributed by atoms with Crippen LogP contribution in [-0.2, 0) is 14.3 Å². The first-order valence-corrected chi connectivity index (χ1v) is 8.71. The van der Waals surface area contributed by atoms with Gasteiger partial charge in [0.2, 0.25) is 5.91 Å². The summed E-state index contributed by atoms with van der Waals surface area (Å²) in [6, 6.07) is 3.58. The predicted octanol–water partition coefficient (Wildman–Crippen LogP) is 0.710. The maximum Gasteiger partial charge on any atom is 0.330 e. The molecule has 1 unspecified atom stereocenters. The summed E-state index contributed by atoms with van der Waals surface area (Å²) in [6.07, 6.45) is 0. The van der Waals surface area contributed by atoms with Crippen molar-refractivity contribution < 1.29 is 24.0 Å². The first kappa shape index (κ1) is 18.3. The van der Waals surface area contributed by atoms with Crippen LogP contribution in [0.3, 0.4) is 0 Å². The molecule has 0 aromatic heterocycles. The van der Waals surface area contributed by atoms with Gasteiger partial charge < -0.3 is 15.4 Å². The van der Waals surface area contributed by atoms with E-state index in [9.17, 15) is 24.5 Å². The van der Waals surface area contributed by atoms with Crippen molar-refractivity contribution in [1.82, 2.24) is 4.90 Å². The van der Waals surface area contributed by atoms with Crippen LogP contribution >= 0.6 is 11.8 Å². The molecule has 138 valence electrons. The average molecular weight is 379 g/mol. The molecule has 26 heavy (non-hydrogen) atoms. The fourth-order valence-corrected chi connectivity index (χ4v) is 4.65. The van der Waals surface area contributed by atoms with E-state index < -0.39 is 40.1 Å². The lowest BCUT2D eigenvalue weighted by atomic mass is 9.96. The van der Waals surface area contributed by atoms with E-state index in [2.05, 4.69) is 0 Å². The number of amides is 1. The number of ketones is 1. The molecule has 1 aromatic rings. The highest BCUT2D eigenvalue weighted by Gasteiger charge is 2.63. The number of nitro benzene ring substituents is 1. The Morgan fingerprint density at radius 3 is 2.54 bits per heavy atom. The molecule has 2 saturated heterocycles. The van der Waals surface area contributed by atoms with Crippen molar-refractivity contribution >= 4 is 35.1 Å². The third kappa shape index (κ3) is 2.95. The monoisotopic (exact) mass is 379 g/mol. The number of carbonyl (C=O) groups is 3. The number of benzene rings is 1. The Labute approximate surface area is 153 Å². The Morgan fingerprint density at radius 2 is 1.96 bits per heavy atom. The average Bonchev–Trinajstić information content (AvgIpc) is 2.87. The molecule has 1 amide bonds. The molecule has 3 rings (SSSR count). The summed E-state index contributed by atoms with van der Waals surface area (Å²) in [5.74, 6) is -1.46. The van der Waals surface area contributed by atoms with Gasteiger partial charge in [-0.25, -0.2) is 4.79 Å². The van der Waals surface area contributed by atoms with E-state index in [1.54, 1.807) is 0 Å². The van der Waals surface area contributed by atoms with E-state index in [-0.39, 0.29) is 22.5 Å². The summed E-state index contributed by atoms with van der Waals surface area (Å²) in [5.41, 5.74) is 5.82. The van der Waals surface area contributed by atoms with Gasteiger partial charge in [-0.15, -0.1) is 11.8 Å². The van der Waals surface area contributed by atoms with Gasteiger partial charge in [0, 0.05) is 22.4 Å². The minimum atomic E-state index is -0.811. The first-order valence-electron chi connectivity index (χ1n) is 7.83. The summed E-state index contributed by atoms with van der Waals surface area (Å²) in [6.45, 7) is 3.13. The van der Waals surface area contributed by atoms with Gasteiger partial charge in [-0.1, -0.05) is 0 Å². The largest absolute Gasteiger partial charge is 0.456 e. The number of fused-ring (bicyclic) bond motifs is 1. The maximum atomic E-state index is 12.5. The number of carbonyl (C=O) groups excluding carboxylic acids is 3. The number of nitro groups is 1. The minimum absolute atomic E-state index is 0.137. The fourth-order valence-electron chi connectivity index (χ4n) is 3.09. The Hall–Kier alpha value is -2.46. The fraction of sp³-hybridized carbons (Fsp3) is 0.438. The molecule has 2 aliphatic heterocycles. The predicted molar refractivity (Wildman–Crippen MR) is 92.5 cm³/mol. The third-order valence-electron chi connectivity index (χ3n) is 4.45. The number of esters is 1. The molecule has 1 aromatic carbocycles. The lowest BCUT2D eigenvalue weighted by molar-refractivity contribution is -0.384. The first-order chi connectivity index (χ1) is 12.1. The number of β-lactam (4-membered cyclic amide) rings is 1. The van der Waals surface area contributed by atoms with E-state index in [1.807, 2.05) is 13.8 Å². The highest BCUT2D eigenvalue weighted by Crippen LogP contribution is 2.50. The van der Waals surface area contributed by atoms with Crippen LogP contribution in [0.5, 0.6) is 0 Å². The molecule has 10 heteroatoms. The van der Waals surface area contributed by atoms with Crippen LogP contribution in [-0.4, -0.2) is 56.3 Å². The van der Waals surface area contributed by atoms with Crippen LogP contribution in [0.25, 0.3) is 0 Å². The Kier molecular flexibility index (Phi) is 4.49. The van der Waals surface area contributed by atoms with Crippen LogP contribution < -0.4 is 5.73 Å². The molecule has 2 aliphatic rings. The number of ether oxygens (including phenoxy) is 1. The van der Waals surface area contributed by atoms with E-state index in [0.29, 0.717) is 0 Å². The zero-order valence-corrected chi connectivity index (χ0v) is 14.9. The van der Waals surface area contributed by atoms with Crippen LogP contribution in [0.1, 0.15) is 24.2 Å². The molecular weight excluding hydrogens is 362 g/mol. The standard InChI is InChI=1S/C16H17N3O6S/c1-16(2)12(18-13(21)11(17)14(18)26-16)15(22)25-7-10(20)8-3-5-9(6-4-8)19(23)24/h3-6,11-12,14H,7,17H2,1-2H3/t11?,12-,14+/m0/s1. The molecule has 0 bridgehead atoms. The summed E-state index contributed by atoms with van der Waals surface area (Å²) >= 11 is 1.43. The van der Waals surface area contributed by atoms with Gasteiger partial charge in [0.1, 0.15) is 17.5 Å². The molecule has 9 nitrogen and oxygen atoms in total. The van der Waals surface area contributed by atoms with E-state index in [1.165, 1.54) is 40.9 Å². The number of nitrogens with two attached hydrogens (primary N) is 1. The van der Waals surface area contributed by atoms with Crippen LogP contribution in [0, 0.1) is 10.1 Å². The van der Waals surface area contributed by atoms with Crippen molar-refractivity contribution in [3.05, 3.63) is 39.9 Å². The van der Waals surface area contributed by atoms with Gasteiger partial charge in [-0.05, 0) is 26.0 Å². The number of nitrogens with zero attached hydrogens (tertiary/aromatic N) is 2. The second-order valence-corrected chi connectivity index (χ2v) is 8.39. The van der Waals surface area contributed by atoms with Gasteiger partial charge in [-0.2, -0.15) is 0 Å². The molecule has 2 fully saturated rings. The van der Waals surface area contributed by atoms with E-state index >= 15 is 0 Å². The Bertz CT molecular complexity index is 794. The zero-order chi connectivity index (χ0) is 19.2. The molecule has 2 heterocycles. The number of non-ortho nitro benzene ring substituents is 1. The summed E-state index contributed by atoms with van der Waals surface area (Å²) in [7, 11) is 0. The molecule has 0 aliphatic carbocycles. The molecular formula is C16H17N3O6S. The Morgan fingerprint density at radius 1 is 1.35 bits per heavy atom. The van der Waals surface area contributed by atoms with Crippen LogP contribution in [0.4, 0.5) is 5.69 Å². The topological polar surface area (TPSA) is 133 Å². The molecule has 2 N–H and O–H groups in total. The normalized spacial score (nSPS) is 26.0. The van der Waals surface area contributed by atoms with Crippen molar-refractivity contribution in [2.24, 2.45) is 5.73 Å². The molecule has 0 saturated carbocycles. The minimum Gasteiger partial charge on any atom is -0.456 e. The van der Waals surface area contributed by atoms with Crippen molar-refractivity contribution in [1.29, 1.82) is 0 Å². The van der Waals surface area contributed by atoms with Crippen molar-refractivity contribution in [2.45, 2.75) is 36.1 Å². The quantitative estimate of drug-likeness (QED) is 0.260. The van der Waals surface area contributed by atoms with Gasteiger partial charge in [-0.3, -0.25) is 19.7 Å². The van der Waals surface area contributed by atoms with Crippen molar-refractivity contribution in [3.8, 4) is 0 Å². The second kappa shape index (κ2) is 6.36. The molecule has 0 spiro atoms. The lowest BCUT2D eigenvalue weighted by Gasteiger charge is -2.41. The maximum absolute atomic E-state index is 12.5. The van der Waals surface area contributed by atoms with Gasteiger partial charge in [0.15, 0.2) is 12.4 Å². The van der Waals surface area contributed by atoms with E-state index in [4.69, 9.17) is 10.5 Å². The van der Waals surface area contributed by atoms with Gasteiger partial charge >= 0.3 is 5.97 Å². The van der Waals surface area contributed by atoms with Gasteiger partial charge in [0.05, 0.1) is 4.92 Å². The lowest BCUT2D eigenvalue weighted by Crippen LogP contribution is -2.68. The third-order valence-corrected chi connectivity index (χ3v) is 6.04. The number of hydrogen-bond acceptors (Lipinski definition) is 8. The number of thioether (sulfide) groups is 1. The van der Waals surface area contributed by atoms with Crippen LogP contribution in [0.2, 0.25) is 0 Å². The Balaban J connectivity index is 1.64. The summed E-state index contributed by atoms with van der Waals surface area (Å²) in [4.78, 5) is 48.0. The van der Waals surface area contributed by atoms with Crippen molar-refractivity contribution in [3.63, 3.8) is 0 Å². The van der Waals surface area contributed by atoms with Gasteiger partial charge in [0.25, 0.3) is 5.69 Å². The molecule has 0 radical (unpaired) electrons. The number of hydrogen-bond donors (Lipinski definition) is 1. The zero-order valence-electron chi connectivity index (χ0n) is 14.1. The highest BCUT2D eigenvalue weighted by molar-refractivity contribution is 8.01. The van der Waals surface area contributed by atoms with E-state index in [0.717, 1.165) is 0 Å². The number of rotatable bonds is 5. The number of Topliss-reactive ketones (excluding diaryl/α,β-unsaturated/α-hetero) is 1. The van der Waals surface area contributed by atoms with Crippen LogP contribution in [0.15, 0.2) is 24.3 Å². The summed E-state index contributed by atoms with van der Waals surface area (Å²) in [5, 5.41) is 10.4. The highest BCUT2D eigenvalue weighted by atomic mass is 32.2. The SMILES string of the molecule is CC1(C)S[C@@H]2C(N)C(=O)N2[C@H]1C(=O)OCC(=O)c1ccc([N+](=O)[O-])cc1. The molecule has 3 atom stereocenters. The smallest absolute Gasteiger partial charge is 0.330 e. The van der Waals surface area contributed by atoms with Crippen molar-refractivity contribution in [2.75, 3.05) is 6.61 Å². The summed E-state index contributed by atoms with van der Waals surface area (Å²) < 4.78 is 4.54.